The zero-order valence-electron chi connectivity index (χ0n) is 16.7. The number of allylic oxidation sites excluding steroid dienone is 2. The Hall–Kier alpha value is -0.590. The predicted octanol–water partition coefficient (Wildman–Crippen LogP) is 7.39. The maximum Gasteiger partial charge on any atom is 0.137 e. The normalized spacial score (nSPS) is 30.4. The molecule has 0 saturated heterocycles. The molecule has 1 unspecified atom stereocenters. The minimum Gasteiger partial charge on any atom is -0.299 e. The Morgan fingerprint density at radius 2 is 1.44 bits per heavy atom. The first-order valence-corrected chi connectivity index (χ1v) is 11.5. The van der Waals surface area contributed by atoms with Crippen molar-refractivity contribution in [2.24, 2.45) is 17.8 Å². The van der Waals surface area contributed by atoms with Crippen molar-refractivity contribution >= 4 is 5.78 Å². The number of carbonyl (C=O) groups is 1. The number of Topliss-reactive ketones (excluding diaryl/α,β-unsaturated/α-hetero) is 1. The lowest BCUT2D eigenvalue weighted by atomic mass is 9.73. The zero-order chi connectivity index (χ0) is 17.5. The Morgan fingerprint density at radius 3 is 2.20 bits per heavy atom. The van der Waals surface area contributed by atoms with Crippen LogP contribution in [0.4, 0.5) is 0 Å². The molecule has 3 aliphatic rings. The quantitative estimate of drug-likeness (QED) is 0.331. The van der Waals surface area contributed by atoms with Crippen molar-refractivity contribution in [1.82, 2.24) is 0 Å². The molecule has 0 bridgehead atoms. The van der Waals surface area contributed by atoms with Crippen LogP contribution in [0.3, 0.4) is 0 Å². The molecule has 1 saturated carbocycles. The van der Waals surface area contributed by atoms with Crippen LogP contribution in [0, 0.1) is 17.8 Å². The number of hydrogen-bond donors (Lipinski definition) is 0. The fourth-order valence-electron chi connectivity index (χ4n) is 5.65. The van der Waals surface area contributed by atoms with Gasteiger partial charge in [-0.3, -0.25) is 4.79 Å². The van der Waals surface area contributed by atoms with Gasteiger partial charge in [0.15, 0.2) is 0 Å². The standard InChI is InChI=1S/C24H40O/c1-2-3-4-5-6-19-7-9-20(10-8-19)11-12-21-13-14-23-18-24(25)16-15-22(23)17-21/h19-21H,2-18H2,1H3. The zero-order valence-corrected chi connectivity index (χ0v) is 16.7. The molecule has 0 aromatic heterocycles. The molecule has 1 heteroatoms. The lowest BCUT2D eigenvalue weighted by Gasteiger charge is -2.32. The Labute approximate surface area is 156 Å². The first-order chi connectivity index (χ1) is 12.2. The Balaban J connectivity index is 1.31. The minimum atomic E-state index is 0.489. The Morgan fingerprint density at radius 1 is 0.720 bits per heavy atom. The maximum absolute atomic E-state index is 11.6. The molecule has 1 fully saturated rings. The second-order valence-corrected chi connectivity index (χ2v) is 9.34. The van der Waals surface area contributed by atoms with E-state index >= 15 is 0 Å². The van der Waals surface area contributed by atoms with E-state index in [0.717, 1.165) is 37.0 Å². The van der Waals surface area contributed by atoms with Gasteiger partial charge >= 0.3 is 0 Å². The molecular formula is C24H40O. The van der Waals surface area contributed by atoms with Gasteiger partial charge in [-0.25, -0.2) is 0 Å². The van der Waals surface area contributed by atoms with E-state index in [0.29, 0.717) is 5.78 Å². The molecule has 1 atom stereocenters. The lowest BCUT2D eigenvalue weighted by molar-refractivity contribution is -0.118. The molecule has 0 heterocycles. The molecule has 0 N–H and O–H groups in total. The summed E-state index contributed by atoms with van der Waals surface area (Å²) < 4.78 is 0. The molecule has 0 radical (unpaired) electrons. The Kier molecular flexibility index (Phi) is 7.62. The molecule has 0 amide bonds. The summed E-state index contributed by atoms with van der Waals surface area (Å²) in [6.45, 7) is 2.31. The maximum atomic E-state index is 11.6. The van der Waals surface area contributed by atoms with Crippen LogP contribution in [0.15, 0.2) is 11.1 Å². The summed E-state index contributed by atoms with van der Waals surface area (Å²) in [5.74, 6) is 3.49. The lowest BCUT2D eigenvalue weighted by Crippen LogP contribution is -2.19. The molecule has 0 aliphatic heterocycles. The van der Waals surface area contributed by atoms with Gasteiger partial charge in [0, 0.05) is 12.8 Å². The summed E-state index contributed by atoms with van der Waals surface area (Å²) in [5, 5.41) is 0. The highest BCUT2D eigenvalue weighted by Gasteiger charge is 2.27. The van der Waals surface area contributed by atoms with Crippen LogP contribution in [-0.2, 0) is 4.79 Å². The van der Waals surface area contributed by atoms with Gasteiger partial charge in [-0.05, 0) is 49.9 Å². The van der Waals surface area contributed by atoms with Crippen LogP contribution in [0.2, 0.25) is 0 Å². The number of unbranched alkanes of at least 4 members (excludes halogenated alkanes) is 3. The van der Waals surface area contributed by atoms with E-state index < -0.39 is 0 Å². The average molecular weight is 345 g/mol. The van der Waals surface area contributed by atoms with Gasteiger partial charge in [0.25, 0.3) is 0 Å². The molecule has 25 heavy (non-hydrogen) atoms. The highest BCUT2D eigenvalue weighted by Crippen LogP contribution is 2.41. The predicted molar refractivity (Wildman–Crippen MR) is 107 cm³/mol. The third kappa shape index (κ3) is 5.97. The Bertz CT molecular complexity index is 453. The fraction of sp³-hybridized carbons (Fsp3) is 0.875. The van der Waals surface area contributed by atoms with Gasteiger partial charge in [-0.2, -0.15) is 0 Å². The van der Waals surface area contributed by atoms with Gasteiger partial charge < -0.3 is 0 Å². The molecule has 0 spiro atoms. The van der Waals surface area contributed by atoms with Crippen molar-refractivity contribution in [2.45, 2.75) is 116 Å². The summed E-state index contributed by atoms with van der Waals surface area (Å²) in [6.07, 6.45) is 22.9. The molecule has 0 aromatic rings. The van der Waals surface area contributed by atoms with Gasteiger partial charge in [0.2, 0.25) is 0 Å². The van der Waals surface area contributed by atoms with Crippen molar-refractivity contribution in [2.75, 3.05) is 0 Å². The molecule has 0 aromatic carbocycles. The summed E-state index contributed by atoms with van der Waals surface area (Å²) in [5.41, 5.74) is 3.22. The second kappa shape index (κ2) is 9.93. The summed E-state index contributed by atoms with van der Waals surface area (Å²) in [4.78, 5) is 11.6. The molecule has 3 aliphatic carbocycles. The van der Waals surface area contributed by atoms with Crippen LogP contribution in [0.25, 0.3) is 0 Å². The highest BCUT2D eigenvalue weighted by molar-refractivity contribution is 5.82. The summed E-state index contributed by atoms with van der Waals surface area (Å²) >= 11 is 0. The molecule has 142 valence electrons. The largest absolute Gasteiger partial charge is 0.299 e. The van der Waals surface area contributed by atoms with E-state index in [4.69, 9.17) is 0 Å². The van der Waals surface area contributed by atoms with Gasteiger partial charge in [0.1, 0.15) is 5.78 Å². The monoisotopic (exact) mass is 344 g/mol. The minimum absolute atomic E-state index is 0.489. The first kappa shape index (κ1) is 19.2. The molecule has 3 rings (SSSR count). The third-order valence-electron chi connectivity index (χ3n) is 7.42. The van der Waals surface area contributed by atoms with Crippen molar-refractivity contribution < 1.29 is 4.79 Å². The average Bonchev–Trinajstić information content (AvgIpc) is 2.64. The van der Waals surface area contributed by atoms with E-state index in [2.05, 4.69) is 6.92 Å². The van der Waals surface area contributed by atoms with E-state index in [1.807, 2.05) is 0 Å². The van der Waals surface area contributed by atoms with E-state index in [9.17, 15) is 4.79 Å². The number of hydrogen-bond acceptors (Lipinski definition) is 1. The summed E-state index contributed by atoms with van der Waals surface area (Å²) in [6, 6.07) is 0. The number of ketones is 1. The molecule has 1 nitrogen and oxygen atoms in total. The topological polar surface area (TPSA) is 17.1 Å². The van der Waals surface area contributed by atoms with Crippen LogP contribution in [0.1, 0.15) is 116 Å². The van der Waals surface area contributed by atoms with E-state index in [1.165, 1.54) is 95.5 Å². The van der Waals surface area contributed by atoms with Crippen LogP contribution in [0.5, 0.6) is 0 Å². The van der Waals surface area contributed by atoms with Gasteiger partial charge in [-0.15, -0.1) is 0 Å². The fourth-order valence-corrected chi connectivity index (χ4v) is 5.65. The number of carbonyl (C=O) groups excluding carboxylic acids is 1. The van der Waals surface area contributed by atoms with Crippen molar-refractivity contribution in [3.63, 3.8) is 0 Å². The van der Waals surface area contributed by atoms with Crippen LogP contribution in [-0.4, -0.2) is 5.78 Å². The second-order valence-electron chi connectivity index (χ2n) is 9.34. The third-order valence-corrected chi connectivity index (χ3v) is 7.42. The van der Waals surface area contributed by atoms with Gasteiger partial charge in [0.05, 0.1) is 0 Å². The van der Waals surface area contributed by atoms with Crippen molar-refractivity contribution in [1.29, 1.82) is 0 Å². The van der Waals surface area contributed by atoms with Crippen LogP contribution >= 0.6 is 0 Å². The van der Waals surface area contributed by atoms with Crippen molar-refractivity contribution in [3.8, 4) is 0 Å². The number of rotatable bonds is 8. The smallest absolute Gasteiger partial charge is 0.137 e. The highest BCUT2D eigenvalue weighted by atomic mass is 16.1. The van der Waals surface area contributed by atoms with E-state index in [1.54, 1.807) is 5.57 Å². The first-order valence-electron chi connectivity index (χ1n) is 11.5. The summed E-state index contributed by atoms with van der Waals surface area (Å²) in [7, 11) is 0. The van der Waals surface area contributed by atoms with Gasteiger partial charge in [-0.1, -0.05) is 82.3 Å². The molecular weight excluding hydrogens is 304 g/mol. The van der Waals surface area contributed by atoms with Crippen molar-refractivity contribution in [3.05, 3.63) is 11.1 Å². The SMILES string of the molecule is CCCCCCC1CCC(CCC2CCC3=C(CCC(=O)C3)C2)CC1. The van der Waals surface area contributed by atoms with E-state index in [-0.39, 0.29) is 0 Å². The van der Waals surface area contributed by atoms with Crippen LogP contribution < -0.4 is 0 Å².